The zero-order valence-corrected chi connectivity index (χ0v) is 11.3. The van der Waals surface area contributed by atoms with E-state index < -0.39 is 0 Å². The van der Waals surface area contributed by atoms with Gasteiger partial charge in [-0.3, -0.25) is 0 Å². The average Bonchev–Trinajstić information content (AvgIpc) is 1.97. The van der Waals surface area contributed by atoms with Crippen molar-refractivity contribution in [2.75, 3.05) is 5.73 Å². The van der Waals surface area contributed by atoms with Crippen LogP contribution < -0.4 is 5.73 Å². The number of rotatable bonds is 1. The van der Waals surface area contributed by atoms with E-state index in [9.17, 15) is 0 Å². The number of hydrogen-bond acceptors (Lipinski definition) is 3. The molecule has 2 N–H and O–H groups in total. The van der Waals surface area contributed by atoms with Crippen molar-refractivity contribution in [3.63, 3.8) is 0 Å². The molecule has 0 radical (unpaired) electrons. The van der Waals surface area contributed by atoms with Crippen molar-refractivity contribution in [3.8, 4) is 0 Å². The summed E-state index contributed by atoms with van der Waals surface area (Å²) in [6.45, 7) is 12.9. The third-order valence-corrected chi connectivity index (χ3v) is 2.25. The Morgan fingerprint density at radius 2 is 1.62 bits per heavy atom. The van der Waals surface area contributed by atoms with Crippen molar-refractivity contribution in [2.24, 2.45) is 5.41 Å². The SMILES string of the molecule is CC(C)(C)Cc1nc(N)cc(C(C)(C)C)n1. The lowest BCUT2D eigenvalue weighted by Crippen LogP contribution is -2.19. The topological polar surface area (TPSA) is 51.8 Å². The minimum atomic E-state index is 0.0176. The highest BCUT2D eigenvalue weighted by Crippen LogP contribution is 2.24. The van der Waals surface area contributed by atoms with Gasteiger partial charge in [0.1, 0.15) is 11.6 Å². The first-order valence-corrected chi connectivity index (χ1v) is 5.72. The molecule has 0 aliphatic rings. The Morgan fingerprint density at radius 1 is 1.06 bits per heavy atom. The predicted octanol–water partition coefficient (Wildman–Crippen LogP) is 2.94. The van der Waals surface area contributed by atoms with E-state index in [0.29, 0.717) is 5.82 Å². The van der Waals surface area contributed by atoms with Crippen molar-refractivity contribution in [3.05, 3.63) is 17.6 Å². The number of nitrogen functional groups attached to an aromatic ring is 1. The quantitative estimate of drug-likeness (QED) is 0.793. The Hall–Kier alpha value is -1.12. The first kappa shape index (κ1) is 12.9. The Bertz CT molecular complexity index is 370. The van der Waals surface area contributed by atoms with Crippen LogP contribution in [-0.2, 0) is 11.8 Å². The molecule has 90 valence electrons. The third kappa shape index (κ3) is 3.80. The predicted molar refractivity (Wildman–Crippen MR) is 68.3 cm³/mol. The molecule has 0 amide bonds. The zero-order valence-electron chi connectivity index (χ0n) is 11.3. The molecule has 0 aliphatic heterocycles. The lowest BCUT2D eigenvalue weighted by atomic mass is 9.90. The zero-order chi connectivity index (χ0) is 12.6. The minimum absolute atomic E-state index is 0.0176. The largest absolute Gasteiger partial charge is 0.384 e. The van der Waals surface area contributed by atoms with E-state index in [0.717, 1.165) is 17.9 Å². The summed E-state index contributed by atoms with van der Waals surface area (Å²) in [6.07, 6.45) is 0.848. The van der Waals surface area contributed by atoms with Gasteiger partial charge in [-0.25, -0.2) is 9.97 Å². The lowest BCUT2D eigenvalue weighted by Gasteiger charge is -2.21. The van der Waals surface area contributed by atoms with Crippen LogP contribution in [-0.4, -0.2) is 9.97 Å². The van der Waals surface area contributed by atoms with Gasteiger partial charge in [-0.2, -0.15) is 0 Å². The summed E-state index contributed by atoms with van der Waals surface area (Å²) in [6, 6.07) is 1.87. The van der Waals surface area contributed by atoms with Gasteiger partial charge in [-0.1, -0.05) is 41.5 Å². The summed E-state index contributed by atoms with van der Waals surface area (Å²) in [7, 11) is 0. The highest BCUT2D eigenvalue weighted by Gasteiger charge is 2.19. The molecule has 1 heterocycles. The summed E-state index contributed by atoms with van der Waals surface area (Å²) in [5.41, 5.74) is 7.04. The molecular weight excluding hydrogens is 198 g/mol. The van der Waals surface area contributed by atoms with Crippen molar-refractivity contribution < 1.29 is 0 Å². The molecule has 1 aromatic rings. The molecular formula is C13H23N3. The van der Waals surface area contributed by atoms with Crippen molar-refractivity contribution >= 4 is 5.82 Å². The van der Waals surface area contributed by atoms with E-state index in [4.69, 9.17) is 5.73 Å². The lowest BCUT2D eigenvalue weighted by molar-refractivity contribution is 0.398. The van der Waals surface area contributed by atoms with Crippen LogP contribution in [0.5, 0.6) is 0 Å². The Balaban J connectivity index is 3.09. The normalized spacial score (nSPS) is 12.9. The van der Waals surface area contributed by atoms with Crippen LogP contribution >= 0.6 is 0 Å². The van der Waals surface area contributed by atoms with Crippen LogP contribution in [0.4, 0.5) is 5.82 Å². The summed E-state index contributed by atoms with van der Waals surface area (Å²) in [4.78, 5) is 8.90. The summed E-state index contributed by atoms with van der Waals surface area (Å²) < 4.78 is 0. The second-order valence-electron chi connectivity index (χ2n) is 6.58. The Labute approximate surface area is 98.5 Å². The maximum Gasteiger partial charge on any atom is 0.131 e. The Kier molecular flexibility index (Phi) is 3.27. The molecule has 0 aromatic carbocycles. The fraction of sp³-hybridized carbons (Fsp3) is 0.692. The molecule has 3 nitrogen and oxygen atoms in total. The summed E-state index contributed by atoms with van der Waals surface area (Å²) in [5, 5.41) is 0. The second kappa shape index (κ2) is 4.04. The molecule has 0 unspecified atom stereocenters. The van der Waals surface area contributed by atoms with E-state index >= 15 is 0 Å². The van der Waals surface area contributed by atoms with Gasteiger partial charge in [0, 0.05) is 17.9 Å². The third-order valence-electron chi connectivity index (χ3n) is 2.25. The summed E-state index contributed by atoms with van der Waals surface area (Å²) in [5.74, 6) is 1.41. The molecule has 1 aromatic heterocycles. The van der Waals surface area contributed by atoms with Crippen LogP contribution in [0.3, 0.4) is 0 Å². The minimum Gasteiger partial charge on any atom is -0.384 e. The molecule has 0 fully saturated rings. The molecule has 0 bridgehead atoms. The van der Waals surface area contributed by atoms with Crippen molar-refractivity contribution in [1.29, 1.82) is 0 Å². The van der Waals surface area contributed by atoms with Crippen LogP contribution in [0, 0.1) is 5.41 Å². The van der Waals surface area contributed by atoms with Crippen LogP contribution in [0.15, 0.2) is 6.07 Å². The van der Waals surface area contributed by atoms with Crippen LogP contribution in [0.2, 0.25) is 0 Å². The van der Waals surface area contributed by atoms with E-state index in [1.165, 1.54) is 0 Å². The van der Waals surface area contributed by atoms with Crippen molar-refractivity contribution in [2.45, 2.75) is 53.4 Å². The maximum atomic E-state index is 5.82. The van der Waals surface area contributed by atoms with Gasteiger partial charge in [-0.15, -0.1) is 0 Å². The fourth-order valence-electron chi connectivity index (χ4n) is 1.46. The molecule has 0 saturated heterocycles. The van der Waals surface area contributed by atoms with Gasteiger partial charge >= 0.3 is 0 Å². The smallest absolute Gasteiger partial charge is 0.131 e. The monoisotopic (exact) mass is 221 g/mol. The van der Waals surface area contributed by atoms with E-state index in [2.05, 4.69) is 51.5 Å². The fourth-order valence-corrected chi connectivity index (χ4v) is 1.46. The van der Waals surface area contributed by atoms with Gasteiger partial charge in [-0.05, 0) is 5.41 Å². The number of nitrogens with zero attached hydrogens (tertiary/aromatic N) is 2. The molecule has 16 heavy (non-hydrogen) atoms. The van der Waals surface area contributed by atoms with Crippen LogP contribution in [0.25, 0.3) is 0 Å². The molecule has 0 spiro atoms. The number of hydrogen-bond donors (Lipinski definition) is 1. The molecule has 0 saturated carbocycles. The van der Waals surface area contributed by atoms with E-state index in [-0.39, 0.29) is 10.8 Å². The van der Waals surface area contributed by atoms with E-state index in [1.807, 2.05) is 6.07 Å². The van der Waals surface area contributed by atoms with Gasteiger partial charge in [0.05, 0.1) is 5.69 Å². The first-order valence-electron chi connectivity index (χ1n) is 5.72. The second-order valence-corrected chi connectivity index (χ2v) is 6.58. The summed E-state index contributed by atoms with van der Waals surface area (Å²) >= 11 is 0. The van der Waals surface area contributed by atoms with Gasteiger partial charge in [0.15, 0.2) is 0 Å². The molecule has 0 aliphatic carbocycles. The average molecular weight is 221 g/mol. The highest BCUT2D eigenvalue weighted by molar-refractivity contribution is 5.32. The van der Waals surface area contributed by atoms with Crippen molar-refractivity contribution in [1.82, 2.24) is 9.97 Å². The van der Waals surface area contributed by atoms with E-state index in [1.54, 1.807) is 0 Å². The highest BCUT2D eigenvalue weighted by atomic mass is 15.0. The first-order chi connectivity index (χ1) is 7.08. The van der Waals surface area contributed by atoms with Gasteiger partial charge in [0.25, 0.3) is 0 Å². The number of anilines is 1. The van der Waals surface area contributed by atoms with Crippen LogP contribution in [0.1, 0.15) is 53.1 Å². The maximum absolute atomic E-state index is 5.82. The number of aromatic nitrogens is 2. The Morgan fingerprint density at radius 3 is 2.06 bits per heavy atom. The molecule has 1 rings (SSSR count). The van der Waals surface area contributed by atoms with Gasteiger partial charge < -0.3 is 5.73 Å². The van der Waals surface area contributed by atoms with Gasteiger partial charge in [0.2, 0.25) is 0 Å². The molecule has 0 atom stereocenters. The number of nitrogens with two attached hydrogens (primary N) is 1. The standard InChI is InChI=1S/C13H23N3/c1-12(2,3)8-11-15-9(13(4,5)6)7-10(14)16-11/h7H,8H2,1-6H3,(H2,14,15,16). The molecule has 3 heteroatoms.